The molecule has 0 rings (SSSR count). The SMILES string of the molecule is COC(=O)[C@H](CCSSCC[C@@H](NC(=O)C(F)(F)F)C(=O)OC)NC(=O)C(F)(F)F. The first-order valence-electron chi connectivity index (χ1n) is 7.89. The van der Waals surface area contributed by atoms with Crippen LogP contribution < -0.4 is 10.6 Å². The molecule has 0 spiro atoms. The molecule has 2 atom stereocenters. The molecule has 0 aliphatic rings. The predicted molar refractivity (Wildman–Crippen MR) is 94.2 cm³/mol. The van der Waals surface area contributed by atoms with Crippen LogP contribution in [0.5, 0.6) is 0 Å². The standard InChI is InChI=1S/C14H18F6N2O6S2/c1-27-9(23)7(21-11(25)13(15,16)17)3-5-29-30-6-4-8(10(24)28-2)22-12(26)14(18,19)20/h7-8H,3-6H2,1-2H3,(H,21,25)(H,22,26)/t7-,8+. The number of carbonyl (C=O) groups excluding carboxylic acids is 4. The number of rotatable bonds is 11. The number of hydrogen-bond donors (Lipinski definition) is 2. The van der Waals surface area contributed by atoms with Crippen molar-refractivity contribution in [2.45, 2.75) is 37.3 Å². The summed E-state index contributed by atoms with van der Waals surface area (Å²) in [7, 11) is 3.90. The van der Waals surface area contributed by atoms with Crippen molar-refractivity contribution in [3.8, 4) is 0 Å². The molecule has 30 heavy (non-hydrogen) atoms. The molecule has 0 unspecified atom stereocenters. The third-order valence-corrected chi connectivity index (χ3v) is 5.63. The van der Waals surface area contributed by atoms with Gasteiger partial charge in [0.15, 0.2) is 0 Å². The molecule has 0 aliphatic carbocycles. The van der Waals surface area contributed by atoms with Gasteiger partial charge in [0.1, 0.15) is 12.1 Å². The van der Waals surface area contributed by atoms with Crippen molar-refractivity contribution in [2.24, 2.45) is 0 Å². The van der Waals surface area contributed by atoms with Crippen molar-refractivity contribution in [1.82, 2.24) is 10.6 Å². The largest absolute Gasteiger partial charge is 0.471 e. The normalized spacial score (nSPS) is 13.7. The van der Waals surface area contributed by atoms with Crippen LogP contribution in [0.2, 0.25) is 0 Å². The highest BCUT2D eigenvalue weighted by Gasteiger charge is 2.41. The Morgan fingerprint density at radius 3 is 1.27 bits per heavy atom. The Labute approximate surface area is 174 Å². The molecule has 16 heteroatoms. The number of alkyl halides is 6. The highest BCUT2D eigenvalue weighted by molar-refractivity contribution is 8.76. The van der Waals surface area contributed by atoms with Crippen LogP contribution in [0.4, 0.5) is 26.3 Å². The summed E-state index contributed by atoms with van der Waals surface area (Å²) < 4.78 is 82.4. The molecule has 0 bridgehead atoms. The molecule has 0 aromatic rings. The molecule has 0 aliphatic heterocycles. The summed E-state index contributed by atoms with van der Waals surface area (Å²) in [6, 6.07) is -3.10. The Kier molecular flexibility index (Phi) is 12.0. The highest BCUT2D eigenvalue weighted by atomic mass is 33.1. The van der Waals surface area contributed by atoms with Gasteiger partial charge in [-0.3, -0.25) is 9.59 Å². The van der Waals surface area contributed by atoms with Gasteiger partial charge in [0, 0.05) is 11.5 Å². The number of halogens is 6. The quantitative estimate of drug-likeness (QED) is 0.195. The molecule has 0 fully saturated rings. The number of ether oxygens (including phenoxy) is 2. The maximum atomic E-state index is 12.3. The van der Waals surface area contributed by atoms with E-state index < -0.39 is 48.2 Å². The van der Waals surface area contributed by atoms with Crippen molar-refractivity contribution in [3.63, 3.8) is 0 Å². The third kappa shape index (κ3) is 10.8. The second-order valence-corrected chi connectivity index (χ2v) is 8.02. The zero-order valence-electron chi connectivity index (χ0n) is 15.5. The maximum Gasteiger partial charge on any atom is 0.471 e. The van der Waals surface area contributed by atoms with Crippen LogP contribution in [-0.4, -0.2) is 73.9 Å². The number of esters is 2. The summed E-state index contributed by atoms with van der Waals surface area (Å²) in [5, 5.41) is 3.00. The second-order valence-electron chi connectivity index (χ2n) is 5.32. The lowest BCUT2D eigenvalue weighted by molar-refractivity contribution is -0.175. The number of nitrogens with one attached hydrogen (secondary N) is 2. The fourth-order valence-electron chi connectivity index (χ4n) is 1.71. The average molecular weight is 488 g/mol. The fourth-order valence-corrected chi connectivity index (χ4v) is 3.90. The molecule has 0 aromatic carbocycles. The van der Waals surface area contributed by atoms with Crippen LogP contribution in [0.3, 0.4) is 0 Å². The van der Waals surface area contributed by atoms with Gasteiger partial charge >= 0.3 is 36.1 Å². The minimum atomic E-state index is -5.18. The first kappa shape index (κ1) is 28.2. The third-order valence-electron chi connectivity index (χ3n) is 3.16. The van der Waals surface area contributed by atoms with Gasteiger partial charge in [-0.05, 0) is 12.8 Å². The predicted octanol–water partition coefficient (Wildman–Crippen LogP) is 1.59. The minimum Gasteiger partial charge on any atom is -0.467 e. The van der Waals surface area contributed by atoms with Crippen molar-refractivity contribution >= 4 is 45.3 Å². The molecule has 0 saturated heterocycles. The van der Waals surface area contributed by atoms with Gasteiger partial charge in [0.05, 0.1) is 14.2 Å². The molecule has 0 saturated carbocycles. The van der Waals surface area contributed by atoms with E-state index in [2.05, 4.69) is 9.47 Å². The molecule has 2 N–H and O–H groups in total. The summed E-state index contributed by atoms with van der Waals surface area (Å²) in [5.41, 5.74) is 0. The van der Waals surface area contributed by atoms with Gasteiger partial charge in [0.25, 0.3) is 0 Å². The van der Waals surface area contributed by atoms with Crippen LogP contribution in [0.1, 0.15) is 12.8 Å². The summed E-state index contributed by atoms with van der Waals surface area (Å²) >= 11 is 0. The Morgan fingerprint density at radius 1 is 0.733 bits per heavy atom. The lowest BCUT2D eigenvalue weighted by Gasteiger charge is -2.18. The van der Waals surface area contributed by atoms with E-state index in [1.165, 1.54) is 10.6 Å². The van der Waals surface area contributed by atoms with Crippen molar-refractivity contribution in [3.05, 3.63) is 0 Å². The molecule has 8 nitrogen and oxygen atoms in total. The number of methoxy groups -OCH3 is 2. The number of carbonyl (C=O) groups is 4. The van der Waals surface area contributed by atoms with Crippen molar-refractivity contribution in [2.75, 3.05) is 25.7 Å². The molecule has 0 heterocycles. The average Bonchev–Trinajstić information content (AvgIpc) is 2.65. The van der Waals surface area contributed by atoms with Gasteiger partial charge in [-0.2, -0.15) is 26.3 Å². The fraction of sp³-hybridized carbons (Fsp3) is 0.714. The van der Waals surface area contributed by atoms with E-state index in [1.54, 1.807) is 0 Å². The van der Waals surface area contributed by atoms with Crippen molar-refractivity contribution in [1.29, 1.82) is 0 Å². The van der Waals surface area contributed by atoms with Gasteiger partial charge < -0.3 is 20.1 Å². The van der Waals surface area contributed by atoms with E-state index >= 15 is 0 Å². The van der Waals surface area contributed by atoms with Crippen LogP contribution >= 0.6 is 21.6 Å². The monoisotopic (exact) mass is 488 g/mol. The highest BCUT2D eigenvalue weighted by Crippen LogP contribution is 2.25. The van der Waals surface area contributed by atoms with Crippen LogP contribution in [0, 0.1) is 0 Å². The molecule has 2 amide bonds. The maximum absolute atomic E-state index is 12.3. The second kappa shape index (κ2) is 12.8. The lowest BCUT2D eigenvalue weighted by Crippen LogP contribution is -2.47. The van der Waals surface area contributed by atoms with Gasteiger partial charge in [-0.25, -0.2) is 9.59 Å². The van der Waals surface area contributed by atoms with Crippen LogP contribution in [0.15, 0.2) is 0 Å². The summed E-state index contributed by atoms with van der Waals surface area (Å²) in [5.74, 6) is -6.67. The topological polar surface area (TPSA) is 111 Å². The summed E-state index contributed by atoms with van der Waals surface area (Å²) in [6.07, 6.45) is -10.8. The number of hydrogen-bond acceptors (Lipinski definition) is 8. The Morgan fingerprint density at radius 2 is 1.03 bits per heavy atom. The van der Waals surface area contributed by atoms with E-state index in [4.69, 9.17) is 0 Å². The zero-order valence-corrected chi connectivity index (χ0v) is 17.1. The van der Waals surface area contributed by atoms with Crippen molar-refractivity contribution < 1.29 is 55.0 Å². The first-order chi connectivity index (χ1) is 13.7. The zero-order chi connectivity index (χ0) is 23.5. The first-order valence-corrected chi connectivity index (χ1v) is 10.4. The Balaban J connectivity index is 4.51. The lowest BCUT2D eigenvalue weighted by atomic mass is 10.2. The Hall–Kier alpha value is -1.84. The smallest absolute Gasteiger partial charge is 0.467 e. The molecular formula is C14H18F6N2O6S2. The molecular weight excluding hydrogens is 470 g/mol. The molecule has 0 aromatic heterocycles. The van der Waals surface area contributed by atoms with E-state index in [0.29, 0.717) is 0 Å². The summed E-state index contributed by atoms with van der Waals surface area (Å²) in [4.78, 5) is 44.8. The molecule has 174 valence electrons. The van der Waals surface area contributed by atoms with E-state index in [-0.39, 0.29) is 24.3 Å². The summed E-state index contributed by atoms with van der Waals surface area (Å²) in [6.45, 7) is 0. The van der Waals surface area contributed by atoms with Gasteiger partial charge in [0.2, 0.25) is 0 Å². The van der Waals surface area contributed by atoms with Gasteiger partial charge in [-0.15, -0.1) is 0 Å². The van der Waals surface area contributed by atoms with Crippen LogP contribution in [-0.2, 0) is 28.7 Å². The van der Waals surface area contributed by atoms with Crippen LogP contribution in [0.25, 0.3) is 0 Å². The van der Waals surface area contributed by atoms with E-state index in [9.17, 15) is 45.5 Å². The number of amides is 2. The van der Waals surface area contributed by atoms with Gasteiger partial charge in [-0.1, -0.05) is 21.6 Å². The molecule has 0 radical (unpaired) electrons. The van der Waals surface area contributed by atoms with E-state index in [0.717, 1.165) is 35.8 Å². The Bertz CT molecular complexity index is 565. The van der Waals surface area contributed by atoms with E-state index in [1.807, 2.05) is 0 Å². The minimum absolute atomic E-state index is 0.0559.